The summed E-state index contributed by atoms with van der Waals surface area (Å²) in [5.41, 5.74) is 4.43. The number of benzene rings is 1. The molecule has 0 radical (unpaired) electrons. The van der Waals surface area contributed by atoms with Crippen LogP contribution in [0.25, 0.3) is 0 Å². The maximum Gasteiger partial charge on any atom is 0.239 e. The number of hydrogen-bond acceptors (Lipinski definition) is 4. The van der Waals surface area contributed by atoms with E-state index in [1.54, 1.807) is 18.3 Å². The number of amides is 2. The van der Waals surface area contributed by atoms with Crippen molar-refractivity contribution in [3.8, 4) is 0 Å². The number of allylic oxidation sites excluding steroid dienone is 2. The number of aromatic nitrogens is 1. The van der Waals surface area contributed by atoms with Gasteiger partial charge in [0.25, 0.3) is 0 Å². The number of rotatable bonds is 5. The summed E-state index contributed by atoms with van der Waals surface area (Å²) in [6, 6.07) is 9.88. The van der Waals surface area contributed by atoms with Gasteiger partial charge in [-0.1, -0.05) is 36.4 Å². The van der Waals surface area contributed by atoms with Gasteiger partial charge in [-0.3, -0.25) is 9.59 Å². The smallest absolute Gasteiger partial charge is 0.239 e. The van der Waals surface area contributed by atoms with Gasteiger partial charge >= 0.3 is 0 Å². The Morgan fingerprint density at radius 2 is 1.69 bits per heavy atom. The average Bonchev–Trinajstić information content (AvgIpc) is 3.58. The summed E-state index contributed by atoms with van der Waals surface area (Å²) in [6.07, 6.45) is 7.84. The molecule has 2 aromatic rings. The van der Waals surface area contributed by atoms with Crippen LogP contribution in [0, 0.1) is 49.4 Å². The molecule has 3 fully saturated rings. The molecule has 7 rings (SSSR count). The number of aliphatic hydroxyl groups is 1. The summed E-state index contributed by atoms with van der Waals surface area (Å²) >= 11 is 0. The number of carbonyl (C=O) groups is 2. The summed E-state index contributed by atoms with van der Waals surface area (Å²) < 4.78 is 0. The molecular weight excluding hydrogens is 400 g/mol. The lowest BCUT2D eigenvalue weighted by molar-refractivity contribution is -0.124. The van der Waals surface area contributed by atoms with Crippen LogP contribution in [0.4, 0.5) is 5.82 Å². The molecule has 4 aliphatic carbocycles. The molecule has 7 atom stereocenters. The molecule has 2 saturated carbocycles. The molecular formula is C27H28N2O3. The molecule has 164 valence electrons. The van der Waals surface area contributed by atoms with E-state index >= 15 is 0 Å². The molecule has 2 heterocycles. The first-order valence-corrected chi connectivity index (χ1v) is 11.7. The zero-order chi connectivity index (χ0) is 22.1. The summed E-state index contributed by atoms with van der Waals surface area (Å²) in [5, 5.41) is 10.7. The van der Waals surface area contributed by atoms with Crippen LogP contribution in [-0.4, -0.2) is 21.9 Å². The molecule has 32 heavy (non-hydrogen) atoms. The fraction of sp³-hybridized carbons (Fsp3) is 0.444. The van der Waals surface area contributed by atoms with Gasteiger partial charge in [0.1, 0.15) is 5.82 Å². The van der Waals surface area contributed by atoms with E-state index in [1.807, 2.05) is 0 Å². The van der Waals surface area contributed by atoms with Gasteiger partial charge in [0.05, 0.1) is 17.9 Å². The minimum Gasteiger partial charge on any atom is -0.388 e. The number of hydrogen-bond donors (Lipinski definition) is 1. The Bertz CT molecular complexity index is 1100. The SMILES string of the molecule is Cc1ccc(CCC(O)c2ccc(N3C(=O)C4C5C=CC(C6CC56)C4C3=O)nc2)cc1C. The molecule has 2 amide bonds. The van der Waals surface area contributed by atoms with E-state index in [9.17, 15) is 14.7 Å². The Balaban J connectivity index is 1.16. The summed E-state index contributed by atoms with van der Waals surface area (Å²) in [6.45, 7) is 4.19. The molecule has 5 aliphatic rings. The Morgan fingerprint density at radius 1 is 1.00 bits per heavy atom. The molecule has 1 saturated heterocycles. The normalized spacial score (nSPS) is 32.8. The van der Waals surface area contributed by atoms with Crippen LogP contribution in [0.3, 0.4) is 0 Å². The second kappa shape index (κ2) is 7.11. The van der Waals surface area contributed by atoms with E-state index in [0.29, 0.717) is 29.6 Å². The van der Waals surface area contributed by atoms with Crippen molar-refractivity contribution in [2.24, 2.45) is 35.5 Å². The Labute approximate surface area is 188 Å². The quantitative estimate of drug-likeness (QED) is 0.579. The van der Waals surface area contributed by atoms with Crippen LogP contribution in [-0.2, 0) is 16.0 Å². The largest absolute Gasteiger partial charge is 0.388 e. The predicted octanol–water partition coefficient (Wildman–Crippen LogP) is 3.92. The van der Waals surface area contributed by atoms with Crippen molar-refractivity contribution < 1.29 is 14.7 Å². The number of imide groups is 1. The van der Waals surface area contributed by atoms with Crippen LogP contribution in [0.5, 0.6) is 0 Å². The van der Waals surface area contributed by atoms with E-state index in [4.69, 9.17) is 0 Å². The molecule has 2 bridgehead atoms. The molecule has 0 spiro atoms. The first-order valence-electron chi connectivity index (χ1n) is 11.7. The van der Waals surface area contributed by atoms with Gasteiger partial charge in [-0.05, 0) is 85.1 Å². The van der Waals surface area contributed by atoms with Gasteiger partial charge in [0.2, 0.25) is 11.8 Å². The number of pyridine rings is 1. The minimum absolute atomic E-state index is 0.0970. The third-order valence-electron chi connectivity index (χ3n) is 8.33. The highest BCUT2D eigenvalue weighted by Gasteiger charge is 2.67. The molecule has 1 aliphatic heterocycles. The van der Waals surface area contributed by atoms with Gasteiger partial charge in [-0.15, -0.1) is 0 Å². The lowest BCUT2D eigenvalue weighted by Crippen LogP contribution is -2.40. The Morgan fingerprint density at radius 3 is 2.28 bits per heavy atom. The van der Waals surface area contributed by atoms with Gasteiger partial charge < -0.3 is 5.11 Å². The second-order valence-electron chi connectivity index (χ2n) is 10.1. The molecule has 5 heteroatoms. The van der Waals surface area contributed by atoms with E-state index < -0.39 is 6.10 Å². The van der Waals surface area contributed by atoms with Gasteiger partial charge in [-0.2, -0.15) is 0 Å². The number of aryl methyl sites for hydroxylation is 3. The minimum atomic E-state index is -0.641. The third-order valence-corrected chi connectivity index (χ3v) is 8.33. The van der Waals surface area contributed by atoms with Crippen LogP contribution in [0.2, 0.25) is 0 Å². The van der Waals surface area contributed by atoms with Gasteiger partial charge in [0.15, 0.2) is 0 Å². The zero-order valence-corrected chi connectivity index (χ0v) is 18.4. The molecule has 1 aromatic heterocycles. The van der Waals surface area contributed by atoms with Crippen molar-refractivity contribution in [2.75, 3.05) is 4.90 Å². The van der Waals surface area contributed by atoms with Crippen LogP contribution < -0.4 is 4.90 Å². The average molecular weight is 429 g/mol. The lowest BCUT2D eigenvalue weighted by atomic mass is 9.63. The van der Waals surface area contributed by atoms with Crippen molar-refractivity contribution in [1.82, 2.24) is 4.98 Å². The van der Waals surface area contributed by atoms with Crippen LogP contribution >= 0.6 is 0 Å². The summed E-state index contributed by atoms with van der Waals surface area (Å²) in [7, 11) is 0. The van der Waals surface area contributed by atoms with E-state index in [0.717, 1.165) is 12.8 Å². The van der Waals surface area contributed by atoms with Gasteiger partial charge in [0, 0.05) is 6.20 Å². The highest BCUT2D eigenvalue weighted by Crippen LogP contribution is 2.65. The maximum absolute atomic E-state index is 13.2. The summed E-state index contributed by atoms with van der Waals surface area (Å²) in [4.78, 5) is 32.2. The van der Waals surface area contributed by atoms with Gasteiger partial charge in [-0.25, -0.2) is 9.88 Å². The fourth-order valence-corrected chi connectivity index (χ4v) is 6.34. The number of anilines is 1. The van der Waals surface area contributed by atoms with Crippen molar-refractivity contribution in [3.05, 3.63) is 70.9 Å². The predicted molar refractivity (Wildman–Crippen MR) is 121 cm³/mol. The third kappa shape index (κ3) is 2.91. The monoisotopic (exact) mass is 428 g/mol. The van der Waals surface area contributed by atoms with Crippen molar-refractivity contribution in [3.63, 3.8) is 0 Å². The van der Waals surface area contributed by atoms with Crippen molar-refractivity contribution >= 4 is 17.6 Å². The number of nitrogens with zero attached hydrogens (tertiary/aromatic N) is 2. The Kier molecular flexibility index (Phi) is 4.41. The van der Waals surface area contributed by atoms with Crippen LogP contribution in [0.15, 0.2) is 48.7 Å². The molecule has 1 aromatic carbocycles. The number of carbonyl (C=O) groups excluding carboxylic acids is 2. The second-order valence-corrected chi connectivity index (χ2v) is 10.1. The van der Waals surface area contributed by atoms with E-state index in [-0.39, 0.29) is 35.5 Å². The molecule has 5 nitrogen and oxygen atoms in total. The fourth-order valence-electron chi connectivity index (χ4n) is 6.34. The van der Waals surface area contributed by atoms with Crippen molar-refractivity contribution in [1.29, 1.82) is 0 Å². The Hall–Kier alpha value is -2.79. The van der Waals surface area contributed by atoms with E-state index in [1.165, 1.54) is 21.6 Å². The van der Waals surface area contributed by atoms with Crippen molar-refractivity contribution in [2.45, 2.75) is 39.2 Å². The van der Waals surface area contributed by atoms with Crippen LogP contribution in [0.1, 0.15) is 41.2 Å². The van der Waals surface area contributed by atoms with E-state index in [2.05, 4.69) is 49.2 Å². The molecule has 1 N–H and O–H groups in total. The summed E-state index contributed by atoms with van der Waals surface area (Å²) in [5.74, 6) is 1.35. The first kappa shape index (κ1) is 19.9. The maximum atomic E-state index is 13.2. The standard InChI is InChI=1S/C27H28N2O3/c1-14-3-4-16(11-15(14)2)5-9-22(30)17-6-10-23(28-13-17)29-26(31)24-18-7-8-19(21-12-20(18)21)25(24)27(29)32/h3-4,6-8,10-11,13,18-22,24-25,30H,5,9,12H2,1-2H3. The highest BCUT2D eigenvalue weighted by atomic mass is 16.3. The lowest BCUT2D eigenvalue weighted by Gasteiger charge is -2.37. The topological polar surface area (TPSA) is 70.5 Å². The zero-order valence-electron chi connectivity index (χ0n) is 18.4. The number of aliphatic hydroxyl groups excluding tert-OH is 1. The highest BCUT2D eigenvalue weighted by molar-refractivity contribution is 6.22. The molecule has 7 unspecified atom stereocenters. The first-order chi connectivity index (χ1) is 15.4.